The van der Waals surface area contributed by atoms with Crippen LogP contribution in [0.3, 0.4) is 0 Å². The molecule has 0 spiro atoms. The number of hydrogen-bond donors (Lipinski definition) is 7. The number of nitrogens with zero attached hydrogens (tertiary/aromatic N) is 4. The van der Waals surface area contributed by atoms with Gasteiger partial charge in [-0.3, -0.25) is 48.4 Å². The number of carbonyl (C=O) groups is 8. The number of esters is 1. The van der Waals surface area contributed by atoms with Crippen molar-refractivity contribution >= 4 is 68.9 Å². The van der Waals surface area contributed by atoms with Gasteiger partial charge in [-0.2, -0.15) is 0 Å². The van der Waals surface area contributed by atoms with Gasteiger partial charge in [0, 0.05) is 48.4 Å². The average Bonchev–Trinajstić information content (AvgIpc) is 3.43. The van der Waals surface area contributed by atoms with Crippen molar-refractivity contribution in [3.05, 3.63) is 72.1 Å². The fourth-order valence-electron chi connectivity index (χ4n) is 9.51. The number of hydrogen-bond acceptors (Lipinski definition) is 15. The number of ether oxygens (including phenoxy) is 3. The van der Waals surface area contributed by atoms with Crippen LogP contribution in [0.25, 0.3) is 21.5 Å². The lowest BCUT2D eigenvalue weighted by Gasteiger charge is -2.35. The molecule has 6 heterocycles. The third-order valence-electron chi connectivity index (χ3n) is 14.9. The minimum absolute atomic E-state index is 0.0222. The summed E-state index contributed by atoms with van der Waals surface area (Å²) in [6, 6.07) is 10.1. The zero-order valence-corrected chi connectivity index (χ0v) is 48.0. The first-order valence-corrected chi connectivity index (χ1v) is 27.6. The van der Waals surface area contributed by atoms with E-state index < -0.39 is 71.0 Å². The number of rotatable bonds is 2. The number of cyclic esters (lactones) is 1. The fraction of sp³-hybridized carbons (Fsp3) is 0.552. The Balaban J connectivity index is 0.000000231. The molecule has 22 heteroatoms. The predicted molar refractivity (Wildman–Crippen MR) is 298 cm³/mol. The zero-order valence-electron chi connectivity index (χ0n) is 48.0. The van der Waals surface area contributed by atoms with Crippen molar-refractivity contribution in [3.8, 4) is 11.8 Å². The van der Waals surface area contributed by atoms with Gasteiger partial charge in [0.05, 0.1) is 16.9 Å². The van der Waals surface area contributed by atoms with E-state index in [0.29, 0.717) is 50.5 Å². The summed E-state index contributed by atoms with van der Waals surface area (Å²) in [6.45, 7) is 22.0. The number of amides is 7. The monoisotopic (exact) mass is 1110 g/mol. The Labute approximate surface area is 467 Å². The maximum atomic E-state index is 13.3. The number of fused-ring (bicyclic) bond motifs is 8. The molecule has 0 aliphatic carbocycles. The minimum atomic E-state index is -0.985. The lowest BCUT2D eigenvalue weighted by molar-refractivity contribution is -0.157. The molecule has 2 fully saturated rings. The number of carbonyl (C=O) groups excluding carboxylic acids is 8. The molecule has 80 heavy (non-hydrogen) atoms. The minimum Gasteiger partial charge on any atom is -0.477 e. The fourth-order valence-corrected chi connectivity index (χ4v) is 9.51. The molecule has 4 aliphatic rings. The van der Waals surface area contributed by atoms with Crippen LogP contribution in [-0.2, 0) is 43.1 Å². The molecule has 2 aromatic carbocycles. The number of benzene rings is 2. The second kappa shape index (κ2) is 25.3. The largest absolute Gasteiger partial charge is 0.477 e. The molecule has 0 radical (unpaired) electrons. The Kier molecular flexibility index (Phi) is 19.1. The highest BCUT2D eigenvalue weighted by atomic mass is 16.5. The Hall–Kier alpha value is -7.46. The standard InChI is InChI=1S/C29H40N6O5.C29H39N5O6/c1-16(2)24-26(37)32-18(4)27(38)35-11-7-8-22(34-35)25(36)31-17(3)19-9-10-20-14-30-23(13-21(20)12-19)40-15-29(5,6)28(39)33-24;1-16(2)24-25(35)31-17(3)26(36)34-11-7-8-22(33-34)27(37)40-18(4)19-9-10-20-14-30-23(13-21(20)12-19)39-15-29(5,6)28(38)32-24/h9-10,12-14,16-18,22,24,34H,7-8,11,15H2,1-6H3,(H,31,36)(H,32,37)(H,33,39);9-10,12-14,16-18,22,24,33H,7-8,11,15H2,1-6H3,(H,31,35)(H,32,38)/t17-,18?,22?,24?;17?,18-,22-,24?/m11/s1. The number of nitrogens with one attached hydrogen (secondary N) is 7. The first-order valence-electron chi connectivity index (χ1n) is 27.6. The van der Waals surface area contributed by atoms with E-state index in [9.17, 15) is 38.4 Å². The molecule has 2 saturated heterocycles. The molecule has 5 unspecified atom stereocenters. The van der Waals surface area contributed by atoms with Crippen molar-refractivity contribution in [2.24, 2.45) is 22.7 Å². The summed E-state index contributed by atoms with van der Waals surface area (Å²) in [5, 5.41) is 20.5. The van der Waals surface area contributed by atoms with Gasteiger partial charge in [0.25, 0.3) is 11.8 Å². The number of pyridine rings is 2. The second-order valence-corrected chi connectivity index (χ2v) is 23.4. The third kappa shape index (κ3) is 14.7. The normalized spacial score (nSPS) is 26.6. The van der Waals surface area contributed by atoms with Gasteiger partial charge in [0.1, 0.15) is 55.6 Å². The van der Waals surface area contributed by atoms with Crippen LogP contribution in [0.5, 0.6) is 11.8 Å². The van der Waals surface area contributed by atoms with Crippen LogP contribution >= 0.6 is 0 Å². The Morgan fingerprint density at radius 3 is 1.43 bits per heavy atom. The Morgan fingerprint density at radius 2 is 0.950 bits per heavy atom. The van der Waals surface area contributed by atoms with E-state index in [1.165, 1.54) is 10.0 Å². The van der Waals surface area contributed by atoms with Gasteiger partial charge in [-0.15, -0.1) is 0 Å². The lowest BCUT2D eigenvalue weighted by atomic mass is 9.92. The topological polar surface area (TPSA) is 281 Å². The van der Waals surface area contributed by atoms with Crippen LogP contribution < -0.4 is 46.9 Å². The van der Waals surface area contributed by atoms with Gasteiger partial charge in [0.15, 0.2) is 0 Å². The molecule has 7 N–H and O–H groups in total. The van der Waals surface area contributed by atoms with Gasteiger partial charge in [-0.05, 0) is 127 Å². The molecule has 8 rings (SSSR count). The van der Waals surface area contributed by atoms with Crippen molar-refractivity contribution in [2.75, 3.05) is 26.3 Å². The van der Waals surface area contributed by atoms with Crippen LogP contribution in [0.4, 0.5) is 0 Å². The summed E-state index contributed by atoms with van der Waals surface area (Å²) < 4.78 is 17.6. The summed E-state index contributed by atoms with van der Waals surface area (Å²) in [5.41, 5.74) is 5.76. The van der Waals surface area contributed by atoms with Crippen LogP contribution in [0.1, 0.15) is 132 Å². The summed E-state index contributed by atoms with van der Waals surface area (Å²) in [7, 11) is 0. The molecular formula is C58H79N11O11. The lowest BCUT2D eigenvalue weighted by Crippen LogP contribution is -2.62. The highest BCUT2D eigenvalue weighted by Crippen LogP contribution is 2.29. The van der Waals surface area contributed by atoms with E-state index in [0.717, 1.165) is 32.7 Å². The molecule has 2 aromatic heterocycles. The molecule has 4 aromatic rings. The molecule has 432 valence electrons. The SMILES string of the molecule is CC1NC(=O)C(C(C)C)NC(=O)C(C)(C)COc2cc3cc(ccc3cn2)[C@@H](C)NC(=O)C2CCCN(N2)C1=O.CC1NC(=O)C(C(C)C)NC(=O)C(C)(C)COc2cc3cc(ccc3cn2)[C@@H](C)OC(=O)[C@H]2CCCN(N2)C1=O. The predicted octanol–water partition coefficient (Wildman–Crippen LogP) is 4.37. The number of hydrazine groups is 2. The van der Waals surface area contributed by atoms with E-state index >= 15 is 0 Å². The molecule has 10 bridgehead atoms. The van der Waals surface area contributed by atoms with Crippen molar-refractivity contribution in [2.45, 2.75) is 157 Å². The van der Waals surface area contributed by atoms with Crippen molar-refractivity contribution in [1.29, 1.82) is 0 Å². The third-order valence-corrected chi connectivity index (χ3v) is 14.9. The average molecular weight is 1110 g/mol. The van der Waals surface area contributed by atoms with Gasteiger partial charge >= 0.3 is 5.97 Å². The van der Waals surface area contributed by atoms with Crippen LogP contribution in [-0.4, -0.2) is 130 Å². The summed E-state index contributed by atoms with van der Waals surface area (Å²) >= 11 is 0. The van der Waals surface area contributed by atoms with Crippen LogP contribution in [0.15, 0.2) is 60.9 Å². The summed E-state index contributed by atoms with van der Waals surface area (Å²) in [5.74, 6) is -2.82. The maximum Gasteiger partial charge on any atom is 0.325 e. The van der Waals surface area contributed by atoms with Crippen LogP contribution in [0, 0.1) is 22.7 Å². The van der Waals surface area contributed by atoms with Gasteiger partial charge in [0.2, 0.25) is 41.3 Å². The first-order chi connectivity index (χ1) is 37.7. The van der Waals surface area contributed by atoms with Gasteiger partial charge < -0.3 is 40.8 Å². The Morgan fingerprint density at radius 1 is 0.525 bits per heavy atom. The van der Waals surface area contributed by atoms with Gasteiger partial charge in [-0.1, -0.05) is 52.0 Å². The van der Waals surface area contributed by atoms with E-state index in [1.54, 1.807) is 66.9 Å². The van der Waals surface area contributed by atoms with E-state index in [2.05, 4.69) is 47.4 Å². The van der Waals surface area contributed by atoms with E-state index in [1.807, 2.05) is 77.1 Å². The molecule has 0 saturated carbocycles. The molecule has 7 amide bonds. The number of aromatic nitrogens is 2. The molecule has 4 aliphatic heterocycles. The van der Waals surface area contributed by atoms with Gasteiger partial charge in [-0.25, -0.2) is 20.8 Å². The first kappa shape index (κ1) is 60.2. The quantitative estimate of drug-likeness (QED) is 0.137. The van der Waals surface area contributed by atoms with E-state index in [-0.39, 0.29) is 60.6 Å². The Bertz CT molecular complexity index is 2790. The highest BCUT2D eigenvalue weighted by Gasteiger charge is 2.39. The van der Waals surface area contributed by atoms with Crippen molar-refractivity contribution in [3.63, 3.8) is 0 Å². The molecule has 8 atom stereocenters. The van der Waals surface area contributed by atoms with Crippen molar-refractivity contribution < 1.29 is 52.6 Å². The van der Waals surface area contributed by atoms with Crippen molar-refractivity contribution in [1.82, 2.24) is 57.4 Å². The summed E-state index contributed by atoms with van der Waals surface area (Å²) in [6.07, 6.45) is 5.17. The summed E-state index contributed by atoms with van der Waals surface area (Å²) in [4.78, 5) is 114. The highest BCUT2D eigenvalue weighted by molar-refractivity contribution is 5.95. The maximum absolute atomic E-state index is 13.3. The van der Waals surface area contributed by atoms with E-state index in [4.69, 9.17) is 14.2 Å². The molecule has 22 nitrogen and oxygen atoms in total. The smallest absolute Gasteiger partial charge is 0.325 e. The second-order valence-electron chi connectivity index (χ2n) is 23.4. The van der Waals surface area contributed by atoms with Crippen LogP contribution in [0.2, 0.25) is 0 Å². The molecular weight excluding hydrogens is 1030 g/mol. The zero-order chi connectivity index (χ0) is 58.4.